The topological polar surface area (TPSA) is 190 Å². The fourth-order valence-electron chi connectivity index (χ4n) is 8.52. The molecule has 0 unspecified atom stereocenters. The molecule has 13 nitrogen and oxygen atoms in total. The number of nitrogens with zero attached hydrogens (tertiary/aromatic N) is 2. The van der Waals surface area contributed by atoms with Crippen LogP contribution in [0.15, 0.2) is 144 Å². The number of rotatable bonds is 19. The molecule has 2 aliphatic heterocycles. The van der Waals surface area contributed by atoms with Gasteiger partial charge in [0.2, 0.25) is 17.5 Å². The summed E-state index contributed by atoms with van der Waals surface area (Å²) < 4.78 is 61.6. The number of carbonyl (C=O) groups excluding carboxylic acids is 2. The molecular formula is C53H61N4O9S2+. The van der Waals surface area contributed by atoms with Crippen molar-refractivity contribution in [3.05, 3.63) is 167 Å². The van der Waals surface area contributed by atoms with Crippen molar-refractivity contribution in [1.82, 2.24) is 10.6 Å². The number of anilines is 1. The fraction of sp³-hybridized carbons (Fsp3) is 0.302. The second-order valence-electron chi connectivity index (χ2n) is 17.4. The third kappa shape index (κ3) is 14.2. The zero-order valence-electron chi connectivity index (χ0n) is 39.2. The number of carbonyl (C=O) groups is 2. The molecule has 0 atom stereocenters. The summed E-state index contributed by atoms with van der Waals surface area (Å²) in [6.45, 7) is 13.0. The second kappa shape index (κ2) is 23.9. The van der Waals surface area contributed by atoms with Crippen LogP contribution >= 0.6 is 0 Å². The number of benzene rings is 4. The van der Waals surface area contributed by atoms with Gasteiger partial charge in [0.15, 0.2) is 5.71 Å². The smallest absolute Gasteiger partial charge is 0.425 e. The Bertz CT molecular complexity index is 2850. The van der Waals surface area contributed by atoms with E-state index >= 15 is 0 Å². The normalized spacial score (nSPS) is 15.6. The lowest BCUT2D eigenvalue weighted by atomic mass is 9.81. The standard InChI is InChI=1S/C53H60N4O6S.O3S/c1-6-56-46-18-15-14-17-44(46)52(2,3)48(56)19-11-8-7-9-12-20-49-53(4,5)45-38-43(64(61,62)63)32-33-47(45)57(49)36-16-10-13-21-50(59)54-34-35-55-51(60)37-41-26-24-39(25-27-41)22-23-40-28-30-42(58)31-29-40;1-4(2)3/h7-9,11-12,14-15,17-20,22-33,38H,6,10,13,16,21,34-37H2,1-5H3,(H3-,54,55,58,59,60,61,62,63);/p+1/b23-22+;. The lowest BCUT2D eigenvalue weighted by molar-refractivity contribution is -0.438. The number of unbranched alkanes of at least 4 members (excludes halogenated alkanes) is 2. The minimum absolute atomic E-state index is 0.0671. The molecule has 2 aliphatic rings. The van der Waals surface area contributed by atoms with Gasteiger partial charge in [0.05, 0.1) is 16.7 Å². The summed E-state index contributed by atoms with van der Waals surface area (Å²) in [5, 5.41) is 15.2. The van der Waals surface area contributed by atoms with Crippen LogP contribution in [0.4, 0.5) is 11.4 Å². The largest absolute Gasteiger partial charge is 0.508 e. The van der Waals surface area contributed by atoms with Gasteiger partial charge in [-0.15, -0.1) is 12.6 Å². The van der Waals surface area contributed by atoms with Gasteiger partial charge in [0.1, 0.15) is 12.3 Å². The summed E-state index contributed by atoms with van der Waals surface area (Å²) in [5.41, 5.74) is 8.78. The van der Waals surface area contributed by atoms with Crippen molar-refractivity contribution in [3.8, 4) is 5.75 Å². The first-order valence-corrected chi connectivity index (χ1v) is 25.0. The molecule has 2 heterocycles. The highest BCUT2D eigenvalue weighted by Crippen LogP contribution is 2.47. The minimum Gasteiger partial charge on any atom is -0.508 e. The van der Waals surface area contributed by atoms with Crippen LogP contribution in [0.3, 0.4) is 0 Å². The maximum atomic E-state index is 12.6. The van der Waals surface area contributed by atoms with Crippen LogP contribution in [0, 0.1) is 0 Å². The van der Waals surface area contributed by atoms with E-state index in [0.29, 0.717) is 32.5 Å². The monoisotopic (exact) mass is 961 g/mol. The van der Waals surface area contributed by atoms with Crippen molar-refractivity contribution in [2.24, 2.45) is 0 Å². The van der Waals surface area contributed by atoms with E-state index in [1.54, 1.807) is 24.3 Å². The van der Waals surface area contributed by atoms with Crippen LogP contribution in [0.25, 0.3) is 12.2 Å². The molecule has 0 radical (unpaired) electrons. The van der Waals surface area contributed by atoms with Crippen LogP contribution in [-0.2, 0) is 47.6 Å². The van der Waals surface area contributed by atoms with E-state index < -0.39 is 26.1 Å². The molecule has 0 aliphatic carbocycles. The molecule has 68 heavy (non-hydrogen) atoms. The molecule has 0 aromatic heterocycles. The van der Waals surface area contributed by atoms with Gasteiger partial charge in [-0.2, -0.15) is 13.0 Å². The van der Waals surface area contributed by atoms with Crippen molar-refractivity contribution >= 4 is 61.8 Å². The van der Waals surface area contributed by atoms with Gasteiger partial charge in [0, 0.05) is 67.0 Å². The van der Waals surface area contributed by atoms with Gasteiger partial charge in [-0.1, -0.05) is 111 Å². The summed E-state index contributed by atoms with van der Waals surface area (Å²) in [6, 6.07) is 28.0. The Labute approximate surface area is 401 Å². The van der Waals surface area contributed by atoms with E-state index in [9.17, 15) is 27.7 Å². The maximum Gasteiger partial charge on any atom is 0.425 e. The highest BCUT2D eigenvalue weighted by molar-refractivity contribution is 7.85. The van der Waals surface area contributed by atoms with E-state index in [4.69, 9.17) is 12.6 Å². The number of fused-ring (bicyclic) bond motifs is 2. The Balaban J connectivity index is 0.00000208. The molecule has 0 saturated carbocycles. The first kappa shape index (κ1) is 52.3. The van der Waals surface area contributed by atoms with E-state index in [0.717, 1.165) is 53.0 Å². The average molecular weight is 962 g/mol. The quantitative estimate of drug-likeness (QED) is 0.0233. The predicted molar refractivity (Wildman–Crippen MR) is 268 cm³/mol. The number of nitrogens with one attached hydrogen (secondary N) is 2. The first-order chi connectivity index (χ1) is 32.3. The lowest BCUT2D eigenvalue weighted by Gasteiger charge is -2.25. The minimum atomic E-state index is -4.38. The SMILES string of the molecule is CCN1C(=CC=CC=CC=CC2=[N+](CCCCCC(=O)NCCNC(=O)Cc3ccc(/C=C/c4ccc(O)cc4)cc3)c3ccc(S(=O)(=O)O)cc3C2(C)C)C(C)(C)c2ccccc21.O=S(=O)=O. The lowest BCUT2D eigenvalue weighted by Crippen LogP contribution is -2.35. The Hall–Kier alpha value is -6.68. The fourth-order valence-corrected chi connectivity index (χ4v) is 9.03. The summed E-state index contributed by atoms with van der Waals surface area (Å²) in [5.74, 6) is 0.0419. The Morgan fingerprint density at radius 1 is 0.721 bits per heavy atom. The summed E-state index contributed by atoms with van der Waals surface area (Å²) in [4.78, 5) is 27.4. The number of hydrogen-bond acceptors (Lipinski definition) is 9. The molecule has 0 spiro atoms. The van der Waals surface area contributed by atoms with Gasteiger partial charge in [-0.05, 0) is 92.3 Å². The van der Waals surface area contributed by atoms with Crippen LogP contribution < -0.4 is 15.5 Å². The van der Waals surface area contributed by atoms with E-state index in [1.165, 1.54) is 23.0 Å². The Morgan fingerprint density at radius 3 is 1.97 bits per heavy atom. The Kier molecular flexibility index (Phi) is 18.3. The van der Waals surface area contributed by atoms with Crippen LogP contribution in [-0.4, -0.2) is 79.0 Å². The highest BCUT2D eigenvalue weighted by atomic mass is 32.2. The molecule has 0 saturated heterocycles. The molecule has 358 valence electrons. The van der Waals surface area contributed by atoms with E-state index in [1.807, 2.05) is 72.9 Å². The van der Waals surface area contributed by atoms with E-state index in [-0.39, 0.29) is 34.3 Å². The van der Waals surface area contributed by atoms with Crippen molar-refractivity contribution in [2.45, 2.75) is 82.4 Å². The number of hydrogen-bond donors (Lipinski definition) is 4. The number of para-hydroxylation sites is 1. The molecule has 6 rings (SSSR count). The molecule has 15 heteroatoms. The third-order valence-corrected chi connectivity index (χ3v) is 12.8. The van der Waals surface area contributed by atoms with Crippen LogP contribution in [0.1, 0.15) is 88.1 Å². The molecule has 2 amide bonds. The zero-order chi connectivity index (χ0) is 49.5. The van der Waals surface area contributed by atoms with Gasteiger partial charge < -0.3 is 20.6 Å². The molecule has 4 N–H and O–H groups in total. The molecule has 4 aromatic carbocycles. The van der Waals surface area contributed by atoms with Crippen molar-refractivity contribution < 1.29 is 44.9 Å². The van der Waals surface area contributed by atoms with Crippen molar-refractivity contribution in [1.29, 1.82) is 0 Å². The summed E-state index contributed by atoms with van der Waals surface area (Å²) >= 11 is 0. The number of amides is 2. The van der Waals surface area contributed by atoms with Crippen LogP contribution in [0.5, 0.6) is 5.75 Å². The molecule has 0 fully saturated rings. The number of allylic oxidation sites excluding steroid dienone is 8. The van der Waals surface area contributed by atoms with Gasteiger partial charge in [0.25, 0.3) is 10.1 Å². The predicted octanol–water partition coefficient (Wildman–Crippen LogP) is 8.59. The molecule has 4 aromatic rings. The average Bonchev–Trinajstić information content (AvgIpc) is 3.64. The van der Waals surface area contributed by atoms with Gasteiger partial charge in [-0.25, -0.2) is 0 Å². The second-order valence-corrected chi connectivity index (χ2v) is 19.3. The van der Waals surface area contributed by atoms with Gasteiger partial charge >= 0.3 is 10.6 Å². The van der Waals surface area contributed by atoms with Gasteiger partial charge in [-0.3, -0.25) is 14.1 Å². The third-order valence-electron chi connectivity index (χ3n) is 12.0. The highest BCUT2D eigenvalue weighted by Gasteiger charge is 2.45. The number of phenols is 1. The first-order valence-electron chi connectivity index (χ1n) is 22.5. The molecule has 0 bridgehead atoms. The zero-order valence-corrected chi connectivity index (χ0v) is 40.8. The summed E-state index contributed by atoms with van der Waals surface area (Å²) in [7, 11) is -7.49. The Morgan fingerprint density at radius 2 is 1.32 bits per heavy atom. The number of likely N-dealkylation sites (N-methyl/N-ethyl adjacent to an activating group) is 1. The maximum absolute atomic E-state index is 12.6. The molecular weight excluding hydrogens is 901 g/mol. The number of phenolic OH excluding ortho intramolecular Hbond substituents is 1. The van der Waals surface area contributed by atoms with Crippen LogP contribution in [0.2, 0.25) is 0 Å². The summed E-state index contributed by atoms with van der Waals surface area (Å²) in [6.07, 6.45) is 21.2. The number of aromatic hydroxyl groups is 1. The van der Waals surface area contributed by atoms with Crippen molar-refractivity contribution in [2.75, 3.05) is 31.1 Å². The van der Waals surface area contributed by atoms with E-state index in [2.05, 4.69) is 97.2 Å². The van der Waals surface area contributed by atoms with Crippen molar-refractivity contribution in [3.63, 3.8) is 0 Å².